The number of sulfonamides is 1. The largest absolute Gasteiger partial charge is 0.419 e. The smallest absolute Gasteiger partial charge is 0.266 e. The maximum atomic E-state index is 12.2. The van der Waals surface area contributed by atoms with Crippen molar-refractivity contribution in [1.29, 1.82) is 0 Å². The Morgan fingerprint density at radius 3 is 2.64 bits per heavy atom. The van der Waals surface area contributed by atoms with Crippen LogP contribution >= 0.6 is 0 Å². The molecule has 2 aromatic heterocycles. The van der Waals surface area contributed by atoms with E-state index in [1.54, 1.807) is 18.3 Å². The third-order valence-corrected chi connectivity index (χ3v) is 4.95. The zero-order valence-electron chi connectivity index (χ0n) is 13.7. The Bertz CT molecular complexity index is 939. The average molecular weight is 358 g/mol. The molecule has 0 amide bonds. The van der Waals surface area contributed by atoms with Gasteiger partial charge in [-0.25, -0.2) is 13.1 Å². The van der Waals surface area contributed by atoms with Crippen molar-refractivity contribution in [2.24, 2.45) is 0 Å². The summed E-state index contributed by atoms with van der Waals surface area (Å²) in [7, 11) is -3.42. The van der Waals surface area contributed by atoms with E-state index >= 15 is 0 Å². The summed E-state index contributed by atoms with van der Waals surface area (Å²) in [5, 5.41) is 7.84. The summed E-state index contributed by atoms with van der Waals surface area (Å²) in [6.07, 6.45) is 1.95. The minimum Gasteiger partial charge on any atom is -0.419 e. The monoisotopic (exact) mass is 358 g/mol. The molecule has 0 aliphatic rings. The van der Waals surface area contributed by atoms with Crippen LogP contribution in [0.15, 0.2) is 53.1 Å². The molecule has 0 unspecified atom stereocenters. The molecule has 1 aromatic carbocycles. The van der Waals surface area contributed by atoms with E-state index in [1.165, 1.54) is 0 Å². The molecule has 0 bridgehead atoms. The fourth-order valence-electron chi connectivity index (χ4n) is 2.29. The van der Waals surface area contributed by atoms with Gasteiger partial charge in [0.2, 0.25) is 15.9 Å². The van der Waals surface area contributed by atoms with E-state index in [9.17, 15) is 8.42 Å². The fraction of sp³-hybridized carbons (Fsp3) is 0.235. The third-order valence-electron chi connectivity index (χ3n) is 3.62. The van der Waals surface area contributed by atoms with Crippen LogP contribution in [0, 0.1) is 6.92 Å². The molecule has 25 heavy (non-hydrogen) atoms. The molecular formula is C17H18N4O3S. The highest BCUT2D eigenvalue weighted by molar-refractivity contribution is 7.88. The van der Waals surface area contributed by atoms with E-state index in [0.29, 0.717) is 23.9 Å². The normalized spacial score (nSPS) is 11.6. The summed E-state index contributed by atoms with van der Waals surface area (Å²) < 4.78 is 32.4. The van der Waals surface area contributed by atoms with Crippen LogP contribution in [-0.4, -0.2) is 30.1 Å². The first-order valence-corrected chi connectivity index (χ1v) is 9.44. The summed E-state index contributed by atoms with van der Waals surface area (Å²) in [6, 6.07) is 12.8. The number of hydrogen-bond donors (Lipinski definition) is 1. The van der Waals surface area contributed by atoms with Gasteiger partial charge in [0.25, 0.3) is 5.89 Å². The van der Waals surface area contributed by atoms with E-state index in [4.69, 9.17) is 4.42 Å². The number of pyridine rings is 1. The van der Waals surface area contributed by atoms with Crippen molar-refractivity contribution in [2.75, 3.05) is 6.54 Å². The first kappa shape index (κ1) is 17.2. The van der Waals surface area contributed by atoms with Gasteiger partial charge in [-0.15, -0.1) is 10.2 Å². The molecule has 0 aliphatic heterocycles. The summed E-state index contributed by atoms with van der Waals surface area (Å²) in [5.41, 5.74) is 2.32. The number of benzene rings is 1. The Kier molecular flexibility index (Phi) is 5.20. The first-order chi connectivity index (χ1) is 12.0. The van der Waals surface area contributed by atoms with Crippen molar-refractivity contribution in [3.63, 3.8) is 0 Å². The van der Waals surface area contributed by atoms with Gasteiger partial charge in [-0.3, -0.25) is 4.98 Å². The molecule has 3 rings (SSSR count). The molecule has 7 nitrogen and oxygen atoms in total. The van der Waals surface area contributed by atoms with Crippen LogP contribution in [0.1, 0.15) is 17.0 Å². The zero-order chi connectivity index (χ0) is 17.7. The van der Waals surface area contributed by atoms with Crippen LogP contribution in [0.4, 0.5) is 0 Å². The highest BCUT2D eigenvalue weighted by atomic mass is 32.2. The predicted octanol–water partition coefficient (Wildman–Crippen LogP) is 2.10. The molecular weight excluding hydrogens is 340 g/mol. The number of rotatable bonds is 7. The minimum absolute atomic E-state index is 0.0529. The highest BCUT2D eigenvalue weighted by Crippen LogP contribution is 2.14. The SMILES string of the molecule is Cc1ccccc1CS(=O)(=O)NCCc1nnc(-c2ccccn2)o1. The molecule has 1 N–H and O–H groups in total. The third kappa shape index (κ3) is 4.71. The molecule has 0 aliphatic carbocycles. The van der Waals surface area contributed by atoms with Crippen molar-refractivity contribution < 1.29 is 12.8 Å². The van der Waals surface area contributed by atoms with Crippen molar-refractivity contribution in [3.05, 3.63) is 65.7 Å². The van der Waals surface area contributed by atoms with Gasteiger partial charge < -0.3 is 4.42 Å². The van der Waals surface area contributed by atoms with E-state index < -0.39 is 10.0 Å². The second-order valence-corrected chi connectivity index (χ2v) is 7.35. The lowest BCUT2D eigenvalue weighted by molar-refractivity contribution is 0.500. The van der Waals surface area contributed by atoms with E-state index in [2.05, 4.69) is 19.9 Å². The zero-order valence-corrected chi connectivity index (χ0v) is 14.5. The molecule has 0 saturated carbocycles. The van der Waals surface area contributed by atoms with Gasteiger partial charge in [-0.2, -0.15) is 0 Å². The van der Waals surface area contributed by atoms with Gasteiger partial charge in [-0.1, -0.05) is 30.3 Å². The molecule has 8 heteroatoms. The average Bonchev–Trinajstić information content (AvgIpc) is 3.06. The van der Waals surface area contributed by atoms with Crippen LogP contribution in [0.5, 0.6) is 0 Å². The molecule has 0 fully saturated rings. The van der Waals surface area contributed by atoms with Crippen molar-refractivity contribution in [2.45, 2.75) is 19.1 Å². The van der Waals surface area contributed by atoms with E-state index in [1.807, 2.05) is 37.3 Å². The summed E-state index contributed by atoms with van der Waals surface area (Å²) in [6.45, 7) is 2.08. The molecule has 3 aromatic rings. The number of hydrogen-bond acceptors (Lipinski definition) is 6. The van der Waals surface area contributed by atoms with Crippen molar-refractivity contribution in [1.82, 2.24) is 19.9 Å². The van der Waals surface area contributed by atoms with Crippen molar-refractivity contribution >= 4 is 10.0 Å². The highest BCUT2D eigenvalue weighted by Gasteiger charge is 2.14. The van der Waals surface area contributed by atoms with Crippen LogP contribution in [0.2, 0.25) is 0 Å². The lowest BCUT2D eigenvalue weighted by Crippen LogP contribution is -2.27. The van der Waals surface area contributed by atoms with Crippen LogP contribution in [-0.2, 0) is 22.2 Å². The topological polar surface area (TPSA) is 98.0 Å². The first-order valence-electron chi connectivity index (χ1n) is 7.79. The lowest BCUT2D eigenvalue weighted by atomic mass is 10.1. The van der Waals surface area contributed by atoms with E-state index in [0.717, 1.165) is 11.1 Å². The lowest BCUT2D eigenvalue weighted by Gasteiger charge is -2.07. The summed E-state index contributed by atoms with van der Waals surface area (Å²) in [4.78, 5) is 4.13. The molecule has 2 heterocycles. The quantitative estimate of drug-likeness (QED) is 0.694. The molecule has 0 radical (unpaired) electrons. The molecule has 0 saturated heterocycles. The Hall–Kier alpha value is -2.58. The predicted molar refractivity (Wildman–Crippen MR) is 93.0 cm³/mol. The van der Waals surface area contributed by atoms with Crippen LogP contribution < -0.4 is 4.72 Å². The van der Waals surface area contributed by atoms with Crippen LogP contribution in [0.3, 0.4) is 0 Å². The second kappa shape index (κ2) is 7.54. The second-order valence-electron chi connectivity index (χ2n) is 5.55. The van der Waals surface area contributed by atoms with Gasteiger partial charge in [0.15, 0.2) is 0 Å². The van der Waals surface area contributed by atoms with E-state index in [-0.39, 0.29) is 12.3 Å². The van der Waals surface area contributed by atoms with Gasteiger partial charge in [0.1, 0.15) is 5.69 Å². The van der Waals surface area contributed by atoms with Gasteiger partial charge in [-0.05, 0) is 30.2 Å². The maximum Gasteiger partial charge on any atom is 0.266 e. The number of aromatic nitrogens is 3. The number of aryl methyl sites for hydroxylation is 1. The van der Waals surface area contributed by atoms with Crippen molar-refractivity contribution in [3.8, 4) is 11.6 Å². The van der Waals surface area contributed by atoms with Crippen LogP contribution in [0.25, 0.3) is 11.6 Å². The minimum atomic E-state index is -3.42. The number of nitrogens with one attached hydrogen (secondary N) is 1. The fourth-order valence-corrected chi connectivity index (χ4v) is 3.54. The van der Waals surface area contributed by atoms with Gasteiger partial charge in [0.05, 0.1) is 5.75 Å². The van der Waals surface area contributed by atoms with Gasteiger partial charge in [0, 0.05) is 19.2 Å². The van der Waals surface area contributed by atoms with Gasteiger partial charge >= 0.3 is 0 Å². The molecule has 0 spiro atoms. The molecule has 0 atom stereocenters. The summed E-state index contributed by atoms with van der Waals surface area (Å²) >= 11 is 0. The maximum absolute atomic E-state index is 12.2. The standard InChI is InChI=1S/C17H18N4O3S/c1-13-6-2-3-7-14(13)12-25(22,23)19-11-9-16-20-21-17(24-16)15-8-4-5-10-18-15/h2-8,10,19H,9,11-12H2,1H3. The summed E-state index contributed by atoms with van der Waals surface area (Å²) in [5.74, 6) is 0.625. The number of nitrogens with zero attached hydrogens (tertiary/aromatic N) is 3. The Labute approximate surface area is 146 Å². The Morgan fingerprint density at radius 2 is 1.88 bits per heavy atom. The Morgan fingerprint density at radius 1 is 1.08 bits per heavy atom. The Balaban J connectivity index is 1.56. The molecule has 130 valence electrons.